The van der Waals surface area contributed by atoms with Crippen LogP contribution in [0.4, 0.5) is 0 Å². The van der Waals surface area contributed by atoms with E-state index in [1.165, 1.54) is 0 Å². The van der Waals surface area contributed by atoms with Crippen molar-refractivity contribution in [3.05, 3.63) is 120 Å². The van der Waals surface area contributed by atoms with Crippen molar-refractivity contribution in [1.29, 1.82) is 0 Å². The molecule has 0 unspecified atom stereocenters. The van der Waals surface area contributed by atoms with Crippen molar-refractivity contribution in [2.45, 2.75) is 0 Å². The lowest BCUT2D eigenvalue weighted by atomic mass is 9.99. The Hall–Kier alpha value is -3.75. The van der Waals surface area contributed by atoms with Crippen molar-refractivity contribution in [3.8, 4) is 45.0 Å². The van der Waals surface area contributed by atoms with Gasteiger partial charge < -0.3 is 0 Å². The number of rotatable bonds is 4. The van der Waals surface area contributed by atoms with Gasteiger partial charge in [-0.15, -0.1) is 0 Å². The van der Waals surface area contributed by atoms with Crippen LogP contribution >= 0.6 is 11.6 Å². The molecule has 0 bridgehead atoms. The van der Waals surface area contributed by atoms with Crippen LogP contribution in [-0.4, -0.2) is 9.97 Å². The van der Waals surface area contributed by atoms with Gasteiger partial charge in [0.1, 0.15) is 0 Å². The van der Waals surface area contributed by atoms with E-state index in [4.69, 9.17) is 21.6 Å². The molecule has 2 nitrogen and oxygen atoms in total. The third-order valence-electron chi connectivity index (χ3n) is 5.16. The summed E-state index contributed by atoms with van der Waals surface area (Å²) in [4.78, 5) is 10.4. The fraction of sp³-hybridized carbons (Fsp3) is 0. The van der Waals surface area contributed by atoms with Crippen LogP contribution in [0.3, 0.4) is 0 Å². The van der Waals surface area contributed by atoms with E-state index >= 15 is 0 Å². The largest absolute Gasteiger partial charge is 0.243 e. The molecular formula is C28H19ClN2. The molecule has 0 N–H and O–H groups in total. The van der Waals surface area contributed by atoms with E-state index in [1.54, 1.807) is 0 Å². The number of benzene rings is 4. The maximum atomic E-state index is 6.15. The van der Waals surface area contributed by atoms with Gasteiger partial charge in [-0.1, -0.05) is 115 Å². The SMILES string of the molecule is Clc1ccc(-c2nc(-c3ccccc3)c(-c3ccccc3)nc2-c2ccccc2)cc1. The summed E-state index contributed by atoms with van der Waals surface area (Å²) in [5, 5.41) is 0.696. The molecule has 0 aliphatic heterocycles. The maximum Gasteiger partial charge on any atom is 0.0973 e. The molecule has 31 heavy (non-hydrogen) atoms. The molecule has 0 spiro atoms. The van der Waals surface area contributed by atoms with E-state index in [0.29, 0.717) is 5.02 Å². The van der Waals surface area contributed by atoms with Gasteiger partial charge in [-0.25, -0.2) is 9.97 Å². The molecule has 0 amide bonds. The minimum atomic E-state index is 0.696. The van der Waals surface area contributed by atoms with Gasteiger partial charge in [-0.2, -0.15) is 0 Å². The first kappa shape index (κ1) is 19.2. The van der Waals surface area contributed by atoms with Crippen LogP contribution in [0.2, 0.25) is 5.02 Å². The predicted molar refractivity (Wildman–Crippen MR) is 129 cm³/mol. The summed E-state index contributed by atoms with van der Waals surface area (Å²) in [6.07, 6.45) is 0. The first-order chi connectivity index (χ1) is 15.3. The van der Waals surface area contributed by atoms with E-state index in [2.05, 4.69) is 36.4 Å². The molecule has 0 saturated carbocycles. The lowest BCUT2D eigenvalue weighted by Crippen LogP contribution is -2.00. The highest BCUT2D eigenvalue weighted by atomic mass is 35.5. The quantitative estimate of drug-likeness (QED) is 0.297. The van der Waals surface area contributed by atoms with Crippen molar-refractivity contribution in [3.63, 3.8) is 0 Å². The van der Waals surface area contributed by atoms with Crippen LogP contribution in [0.1, 0.15) is 0 Å². The van der Waals surface area contributed by atoms with E-state index in [1.807, 2.05) is 78.9 Å². The van der Waals surface area contributed by atoms with Crippen LogP contribution in [0.15, 0.2) is 115 Å². The van der Waals surface area contributed by atoms with E-state index in [0.717, 1.165) is 45.0 Å². The number of hydrogen-bond donors (Lipinski definition) is 0. The second-order valence-electron chi connectivity index (χ2n) is 7.22. The summed E-state index contributed by atoms with van der Waals surface area (Å²) >= 11 is 6.15. The van der Waals surface area contributed by atoms with Crippen molar-refractivity contribution >= 4 is 11.6 Å². The molecule has 0 aliphatic carbocycles. The van der Waals surface area contributed by atoms with E-state index in [-0.39, 0.29) is 0 Å². The second-order valence-corrected chi connectivity index (χ2v) is 7.66. The molecular weight excluding hydrogens is 400 g/mol. The van der Waals surface area contributed by atoms with Gasteiger partial charge in [0.25, 0.3) is 0 Å². The van der Waals surface area contributed by atoms with Crippen molar-refractivity contribution in [2.75, 3.05) is 0 Å². The predicted octanol–water partition coefficient (Wildman–Crippen LogP) is 7.80. The number of aromatic nitrogens is 2. The van der Waals surface area contributed by atoms with Gasteiger partial charge >= 0.3 is 0 Å². The molecule has 3 heteroatoms. The summed E-state index contributed by atoms with van der Waals surface area (Å²) in [6.45, 7) is 0. The number of halogens is 1. The van der Waals surface area contributed by atoms with Gasteiger partial charge in [0, 0.05) is 27.3 Å². The normalized spacial score (nSPS) is 10.7. The lowest BCUT2D eigenvalue weighted by molar-refractivity contribution is 1.21. The van der Waals surface area contributed by atoms with Crippen LogP contribution in [0, 0.1) is 0 Å². The van der Waals surface area contributed by atoms with E-state index < -0.39 is 0 Å². The highest BCUT2D eigenvalue weighted by molar-refractivity contribution is 6.30. The monoisotopic (exact) mass is 418 g/mol. The van der Waals surface area contributed by atoms with Gasteiger partial charge in [-0.3, -0.25) is 0 Å². The van der Waals surface area contributed by atoms with Crippen LogP contribution in [0.5, 0.6) is 0 Å². The van der Waals surface area contributed by atoms with Crippen molar-refractivity contribution in [2.24, 2.45) is 0 Å². The first-order valence-electron chi connectivity index (χ1n) is 10.1. The average Bonchev–Trinajstić information content (AvgIpc) is 2.85. The van der Waals surface area contributed by atoms with Crippen LogP contribution in [0.25, 0.3) is 45.0 Å². The van der Waals surface area contributed by atoms with Crippen LogP contribution < -0.4 is 0 Å². The van der Waals surface area contributed by atoms with Gasteiger partial charge in [0.2, 0.25) is 0 Å². The Morgan fingerprint density at radius 3 is 0.968 bits per heavy atom. The fourth-order valence-electron chi connectivity index (χ4n) is 3.64. The summed E-state index contributed by atoms with van der Waals surface area (Å²) < 4.78 is 0. The summed E-state index contributed by atoms with van der Waals surface area (Å²) in [6, 6.07) is 38.4. The fourth-order valence-corrected chi connectivity index (χ4v) is 3.76. The Bertz CT molecular complexity index is 1300. The molecule has 5 aromatic rings. The second kappa shape index (κ2) is 8.55. The summed E-state index contributed by atoms with van der Waals surface area (Å²) in [7, 11) is 0. The Morgan fingerprint density at radius 1 is 0.355 bits per heavy atom. The Balaban J connectivity index is 1.84. The molecule has 0 aliphatic rings. The molecule has 0 saturated heterocycles. The van der Waals surface area contributed by atoms with Crippen LogP contribution in [-0.2, 0) is 0 Å². The molecule has 1 heterocycles. The van der Waals surface area contributed by atoms with Gasteiger partial charge in [0.05, 0.1) is 22.8 Å². The zero-order valence-electron chi connectivity index (χ0n) is 16.7. The van der Waals surface area contributed by atoms with E-state index in [9.17, 15) is 0 Å². The highest BCUT2D eigenvalue weighted by Crippen LogP contribution is 2.37. The lowest BCUT2D eigenvalue weighted by Gasteiger charge is -2.16. The molecule has 0 atom stereocenters. The minimum absolute atomic E-state index is 0.696. The van der Waals surface area contributed by atoms with Gasteiger partial charge in [0.15, 0.2) is 0 Å². The van der Waals surface area contributed by atoms with Gasteiger partial charge in [-0.05, 0) is 12.1 Å². The minimum Gasteiger partial charge on any atom is -0.243 e. The Labute approximate surface area is 186 Å². The smallest absolute Gasteiger partial charge is 0.0973 e. The Kier molecular flexibility index (Phi) is 5.30. The number of nitrogens with zero attached hydrogens (tertiary/aromatic N) is 2. The molecule has 1 aromatic heterocycles. The zero-order valence-corrected chi connectivity index (χ0v) is 17.5. The van der Waals surface area contributed by atoms with Crippen molar-refractivity contribution < 1.29 is 0 Å². The molecule has 4 aromatic carbocycles. The molecule has 0 radical (unpaired) electrons. The topological polar surface area (TPSA) is 25.8 Å². The first-order valence-corrected chi connectivity index (χ1v) is 10.5. The molecule has 0 fully saturated rings. The average molecular weight is 419 g/mol. The third-order valence-corrected chi connectivity index (χ3v) is 5.41. The van der Waals surface area contributed by atoms with Crippen molar-refractivity contribution in [1.82, 2.24) is 9.97 Å². The molecule has 5 rings (SSSR count). The third kappa shape index (κ3) is 3.98. The maximum absolute atomic E-state index is 6.15. The highest BCUT2D eigenvalue weighted by Gasteiger charge is 2.19. The summed E-state index contributed by atoms with van der Waals surface area (Å²) in [5.74, 6) is 0. The molecule has 148 valence electrons. The number of hydrogen-bond acceptors (Lipinski definition) is 2. The Morgan fingerprint density at radius 2 is 0.645 bits per heavy atom. The summed E-state index contributed by atoms with van der Waals surface area (Å²) in [5.41, 5.74) is 7.48. The standard InChI is InChI=1S/C28H19ClN2/c29-24-18-16-23(17-19-24)28-27(22-14-8-3-9-15-22)30-25(20-10-4-1-5-11-20)26(31-28)21-12-6-2-7-13-21/h1-19H. The zero-order chi connectivity index (χ0) is 21.0.